The number of hydrogen-bond donors (Lipinski definition) is 0. The van der Waals surface area contributed by atoms with E-state index in [2.05, 4.69) is 9.97 Å². The summed E-state index contributed by atoms with van der Waals surface area (Å²) in [6.45, 7) is 1.38. The maximum absolute atomic E-state index is 5.84. The number of aromatic nitrogens is 2. The zero-order valence-electron chi connectivity index (χ0n) is 14.9. The molecule has 0 spiro atoms. The van der Waals surface area contributed by atoms with Crippen LogP contribution in [0.4, 0.5) is 0 Å². The molecular weight excluding hydrogens is 324 g/mol. The summed E-state index contributed by atoms with van der Waals surface area (Å²) < 4.78 is 11.7. The Bertz CT molecular complexity index is 701. The molecule has 0 aliphatic carbocycles. The molecule has 0 radical (unpaired) electrons. The Kier molecular flexibility index (Phi) is 7.02. The van der Waals surface area contributed by atoms with Crippen LogP contribution in [0.2, 0.25) is 0 Å². The van der Waals surface area contributed by atoms with Crippen LogP contribution in [0.25, 0.3) is 0 Å². The molecular formula is C22H24N2O2. The van der Waals surface area contributed by atoms with Crippen molar-refractivity contribution < 1.29 is 9.47 Å². The molecule has 4 nitrogen and oxygen atoms in total. The molecule has 0 aliphatic heterocycles. The van der Waals surface area contributed by atoms with E-state index in [4.69, 9.17) is 9.47 Å². The fraction of sp³-hybridized carbons (Fsp3) is 0.273. The number of aryl methyl sites for hydroxylation is 2. The van der Waals surface area contributed by atoms with Gasteiger partial charge in [0, 0.05) is 30.9 Å². The molecule has 0 N–H and O–H groups in total. The van der Waals surface area contributed by atoms with E-state index in [9.17, 15) is 0 Å². The average molecular weight is 348 g/mol. The molecule has 2 heterocycles. The Balaban J connectivity index is 1.36. The number of rotatable bonds is 10. The van der Waals surface area contributed by atoms with Crippen LogP contribution in [0.15, 0.2) is 73.3 Å². The van der Waals surface area contributed by atoms with Crippen molar-refractivity contribution in [2.24, 2.45) is 0 Å². The molecule has 3 aromatic rings. The number of hydrogen-bond acceptors (Lipinski definition) is 4. The van der Waals surface area contributed by atoms with Gasteiger partial charge in [0.2, 0.25) is 0 Å². The normalized spacial score (nSPS) is 10.5. The Morgan fingerprint density at radius 2 is 1.08 bits per heavy atom. The van der Waals surface area contributed by atoms with E-state index >= 15 is 0 Å². The second kappa shape index (κ2) is 10.2. The first-order valence-electron chi connectivity index (χ1n) is 9.03. The Morgan fingerprint density at radius 1 is 0.615 bits per heavy atom. The number of pyridine rings is 2. The van der Waals surface area contributed by atoms with Gasteiger partial charge in [0.15, 0.2) is 0 Å². The first-order valence-corrected chi connectivity index (χ1v) is 9.03. The summed E-state index contributed by atoms with van der Waals surface area (Å²) in [5, 5.41) is 0. The minimum absolute atomic E-state index is 0.688. The van der Waals surface area contributed by atoms with Crippen molar-refractivity contribution in [2.75, 3.05) is 13.2 Å². The predicted octanol–water partition coefficient (Wildman–Crippen LogP) is 4.50. The van der Waals surface area contributed by atoms with E-state index in [1.165, 1.54) is 11.1 Å². The van der Waals surface area contributed by atoms with Gasteiger partial charge in [0.05, 0.1) is 13.2 Å². The van der Waals surface area contributed by atoms with Crippen molar-refractivity contribution in [3.63, 3.8) is 0 Å². The molecule has 0 atom stereocenters. The van der Waals surface area contributed by atoms with Gasteiger partial charge in [-0.05, 0) is 73.2 Å². The molecule has 0 unspecified atom stereocenters. The Hall–Kier alpha value is -2.88. The van der Waals surface area contributed by atoms with E-state index in [-0.39, 0.29) is 0 Å². The van der Waals surface area contributed by atoms with Crippen LogP contribution in [0, 0.1) is 0 Å². The summed E-state index contributed by atoms with van der Waals surface area (Å²) in [6, 6.07) is 16.0. The minimum Gasteiger partial charge on any atom is -0.493 e. The lowest BCUT2D eigenvalue weighted by atomic mass is 10.1. The highest BCUT2D eigenvalue weighted by atomic mass is 16.5. The highest BCUT2D eigenvalue weighted by Crippen LogP contribution is 2.20. The second-order valence-electron chi connectivity index (χ2n) is 6.09. The molecule has 0 aliphatic rings. The highest BCUT2D eigenvalue weighted by molar-refractivity contribution is 5.32. The van der Waals surface area contributed by atoms with Crippen LogP contribution in [0.5, 0.6) is 11.5 Å². The van der Waals surface area contributed by atoms with Crippen molar-refractivity contribution in [1.82, 2.24) is 9.97 Å². The monoisotopic (exact) mass is 348 g/mol. The molecule has 1 aromatic carbocycles. The number of benzene rings is 1. The van der Waals surface area contributed by atoms with Gasteiger partial charge in [-0.3, -0.25) is 9.97 Å². The third kappa shape index (κ3) is 6.20. The van der Waals surface area contributed by atoms with Crippen LogP contribution >= 0.6 is 0 Å². The topological polar surface area (TPSA) is 44.2 Å². The molecule has 26 heavy (non-hydrogen) atoms. The van der Waals surface area contributed by atoms with Gasteiger partial charge in [-0.2, -0.15) is 0 Å². The van der Waals surface area contributed by atoms with Gasteiger partial charge in [0.1, 0.15) is 11.5 Å². The Morgan fingerprint density at radius 3 is 1.54 bits per heavy atom. The maximum atomic E-state index is 5.84. The molecule has 0 bridgehead atoms. The molecule has 0 fully saturated rings. The molecule has 2 aromatic heterocycles. The summed E-state index contributed by atoms with van der Waals surface area (Å²) >= 11 is 0. The fourth-order valence-corrected chi connectivity index (χ4v) is 2.69. The smallest absolute Gasteiger partial charge is 0.122 e. The van der Waals surface area contributed by atoms with Gasteiger partial charge < -0.3 is 9.47 Å². The SMILES string of the molecule is c1cc(OCCCc2ccncc2)cc(OCCCc2ccncc2)c1. The van der Waals surface area contributed by atoms with Gasteiger partial charge in [-0.1, -0.05) is 6.07 Å². The Labute approximate surface area is 154 Å². The van der Waals surface area contributed by atoms with Crippen molar-refractivity contribution >= 4 is 0 Å². The standard InChI is InChI=1S/C22H24N2O2/c1-6-21(25-16-2-4-19-8-12-23-13-9-19)18-22(7-1)26-17-3-5-20-10-14-24-15-11-20/h1,6-15,18H,2-5,16-17H2. The third-order valence-corrected chi connectivity index (χ3v) is 4.06. The first kappa shape index (κ1) is 17.9. The van der Waals surface area contributed by atoms with Crippen molar-refractivity contribution in [3.8, 4) is 11.5 Å². The first-order chi connectivity index (χ1) is 12.9. The van der Waals surface area contributed by atoms with Crippen LogP contribution in [0.3, 0.4) is 0 Å². The lowest BCUT2D eigenvalue weighted by Crippen LogP contribution is -2.01. The van der Waals surface area contributed by atoms with E-state index in [1.807, 2.05) is 73.3 Å². The van der Waals surface area contributed by atoms with E-state index in [0.29, 0.717) is 13.2 Å². The maximum Gasteiger partial charge on any atom is 0.122 e. The summed E-state index contributed by atoms with van der Waals surface area (Å²) in [5.74, 6) is 1.71. The van der Waals surface area contributed by atoms with Crippen molar-refractivity contribution in [1.29, 1.82) is 0 Å². The highest BCUT2D eigenvalue weighted by Gasteiger charge is 2.00. The summed E-state index contributed by atoms with van der Waals surface area (Å²) in [7, 11) is 0. The molecule has 0 saturated heterocycles. The zero-order valence-corrected chi connectivity index (χ0v) is 14.9. The van der Waals surface area contributed by atoms with Crippen LogP contribution < -0.4 is 9.47 Å². The summed E-state index contributed by atoms with van der Waals surface area (Å²) in [4.78, 5) is 8.06. The third-order valence-electron chi connectivity index (χ3n) is 4.06. The molecule has 134 valence electrons. The van der Waals surface area contributed by atoms with E-state index < -0.39 is 0 Å². The molecule has 4 heteroatoms. The lowest BCUT2D eigenvalue weighted by molar-refractivity contribution is 0.295. The quantitative estimate of drug-likeness (QED) is 0.506. The second-order valence-corrected chi connectivity index (χ2v) is 6.09. The van der Waals surface area contributed by atoms with E-state index in [1.54, 1.807) is 0 Å². The van der Waals surface area contributed by atoms with Crippen LogP contribution in [-0.2, 0) is 12.8 Å². The van der Waals surface area contributed by atoms with Crippen molar-refractivity contribution in [3.05, 3.63) is 84.4 Å². The predicted molar refractivity (Wildman–Crippen MR) is 103 cm³/mol. The van der Waals surface area contributed by atoms with Crippen LogP contribution in [-0.4, -0.2) is 23.2 Å². The summed E-state index contributed by atoms with van der Waals surface area (Å²) in [6.07, 6.45) is 11.2. The minimum atomic E-state index is 0.688. The van der Waals surface area contributed by atoms with Crippen molar-refractivity contribution in [2.45, 2.75) is 25.7 Å². The molecule has 0 saturated carbocycles. The fourth-order valence-electron chi connectivity index (χ4n) is 2.69. The summed E-state index contributed by atoms with van der Waals surface area (Å²) in [5.41, 5.74) is 2.57. The zero-order chi connectivity index (χ0) is 17.9. The average Bonchev–Trinajstić information content (AvgIpc) is 2.71. The lowest BCUT2D eigenvalue weighted by Gasteiger charge is -2.10. The van der Waals surface area contributed by atoms with Gasteiger partial charge >= 0.3 is 0 Å². The van der Waals surface area contributed by atoms with E-state index in [0.717, 1.165) is 37.2 Å². The van der Waals surface area contributed by atoms with Crippen LogP contribution in [0.1, 0.15) is 24.0 Å². The van der Waals surface area contributed by atoms with Gasteiger partial charge in [0.25, 0.3) is 0 Å². The van der Waals surface area contributed by atoms with Gasteiger partial charge in [-0.25, -0.2) is 0 Å². The van der Waals surface area contributed by atoms with Gasteiger partial charge in [-0.15, -0.1) is 0 Å². The molecule has 3 rings (SSSR count). The molecule has 0 amide bonds. The largest absolute Gasteiger partial charge is 0.493 e. The number of ether oxygens (including phenoxy) is 2. The number of nitrogens with zero attached hydrogens (tertiary/aromatic N) is 2.